The lowest BCUT2D eigenvalue weighted by Gasteiger charge is -2.35. The van der Waals surface area contributed by atoms with Crippen molar-refractivity contribution in [3.63, 3.8) is 0 Å². The van der Waals surface area contributed by atoms with Crippen LogP contribution in [0.3, 0.4) is 0 Å². The molecule has 2 fully saturated rings. The highest BCUT2D eigenvalue weighted by Crippen LogP contribution is 2.31. The fourth-order valence-electron chi connectivity index (χ4n) is 5.17. The number of hydrogen-bond donors (Lipinski definition) is 0. The van der Waals surface area contributed by atoms with Crippen molar-refractivity contribution in [3.8, 4) is 0 Å². The van der Waals surface area contributed by atoms with Crippen LogP contribution in [0.5, 0.6) is 0 Å². The molecule has 8 heteroatoms. The molecule has 3 amide bonds. The zero-order valence-corrected chi connectivity index (χ0v) is 19.1. The number of aromatic nitrogens is 2. The summed E-state index contributed by atoms with van der Waals surface area (Å²) in [5.41, 5.74) is 2.40. The number of fused-ring (bicyclic) bond motifs is 1. The number of aryl methyl sites for hydroxylation is 1. The van der Waals surface area contributed by atoms with E-state index in [9.17, 15) is 14.4 Å². The van der Waals surface area contributed by atoms with Crippen molar-refractivity contribution in [3.05, 3.63) is 17.0 Å². The summed E-state index contributed by atoms with van der Waals surface area (Å²) in [5.74, 6) is 0.275. The van der Waals surface area contributed by atoms with Crippen LogP contribution >= 0.6 is 0 Å². The van der Waals surface area contributed by atoms with Gasteiger partial charge in [-0.2, -0.15) is 5.10 Å². The predicted molar refractivity (Wildman–Crippen MR) is 116 cm³/mol. The van der Waals surface area contributed by atoms with Crippen LogP contribution in [-0.2, 0) is 29.6 Å². The first-order chi connectivity index (χ1) is 14.9. The van der Waals surface area contributed by atoms with Crippen molar-refractivity contribution in [2.45, 2.75) is 58.9 Å². The van der Waals surface area contributed by atoms with Crippen LogP contribution in [0.4, 0.5) is 0 Å². The molecule has 8 nitrogen and oxygen atoms in total. The fraction of sp³-hybridized carbons (Fsp3) is 0.739. The smallest absolute Gasteiger partial charge is 0.274 e. The topological polar surface area (TPSA) is 78.8 Å². The van der Waals surface area contributed by atoms with E-state index in [0.29, 0.717) is 45.0 Å². The van der Waals surface area contributed by atoms with Crippen LogP contribution in [0.2, 0.25) is 0 Å². The molecule has 1 saturated carbocycles. The summed E-state index contributed by atoms with van der Waals surface area (Å²) in [5, 5.41) is 4.57. The molecule has 1 saturated heterocycles. The average Bonchev–Trinajstić information content (AvgIpc) is 3.08. The van der Waals surface area contributed by atoms with Crippen molar-refractivity contribution in [2.75, 3.05) is 32.7 Å². The molecular weight excluding hydrogens is 394 g/mol. The molecule has 0 spiro atoms. The molecule has 0 aromatic carbocycles. The van der Waals surface area contributed by atoms with Crippen LogP contribution in [-0.4, -0.2) is 74.9 Å². The van der Waals surface area contributed by atoms with Crippen molar-refractivity contribution in [2.24, 2.45) is 18.9 Å². The van der Waals surface area contributed by atoms with Crippen LogP contribution in [0.15, 0.2) is 0 Å². The Kier molecular flexibility index (Phi) is 6.34. The van der Waals surface area contributed by atoms with Crippen molar-refractivity contribution >= 4 is 17.7 Å². The molecule has 4 rings (SSSR count). The van der Waals surface area contributed by atoms with E-state index in [1.165, 1.54) is 0 Å². The standard InChI is InChI=1S/C23H35N5O3/c1-4-26(5-2)22(30)17-10-7-12-27(14-17)23(31)20-18-15-28(21(29)16-8-6-9-16)13-11-19(18)25(3)24-20/h16-17H,4-15H2,1-3H3/t17-/m1/s1. The molecule has 1 atom stereocenters. The molecule has 0 bridgehead atoms. The van der Waals surface area contributed by atoms with Gasteiger partial charge in [0.1, 0.15) is 0 Å². The maximum atomic E-state index is 13.5. The number of piperidine rings is 1. The maximum Gasteiger partial charge on any atom is 0.274 e. The molecule has 0 unspecified atom stereocenters. The summed E-state index contributed by atoms with van der Waals surface area (Å²) in [4.78, 5) is 44.6. The zero-order chi connectivity index (χ0) is 22.1. The fourth-order valence-corrected chi connectivity index (χ4v) is 5.17. The van der Waals surface area contributed by atoms with Gasteiger partial charge >= 0.3 is 0 Å². The summed E-state index contributed by atoms with van der Waals surface area (Å²) in [6.45, 7) is 7.63. The summed E-state index contributed by atoms with van der Waals surface area (Å²) >= 11 is 0. The average molecular weight is 430 g/mol. The molecule has 0 N–H and O–H groups in total. The van der Waals surface area contributed by atoms with Crippen LogP contribution in [0, 0.1) is 11.8 Å². The second kappa shape index (κ2) is 9.01. The van der Waals surface area contributed by atoms with E-state index < -0.39 is 0 Å². The van der Waals surface area contributed by atoms with Gasteiger partial charge in [-0.3, -0.25) is 19.1 Å². The van der Waals surface area contributed by atoms with Gasteiger partial charge in [0.2, 0.25) is 11.8 Å². The number of amides is 3. The normalized spacial score (nSPS) is 21.5. The van der Waals surface area contributed by atoms with Gasteiger partial charge in [-0.25, -0.2) is 0 Å². The number of nitrogens with zero attached hydrogens (tertiary/aromatic N) is 5. The van der Waals surface area contributed by atoms with Crippen LogP contribution in [0.1, 0.15) is 67.7 Å². The van der Waals surface area contributed by atoms with Gasteiger partial charge in [-0.05, 0) is 39.5 Å². The maximum absolute atomic E-state index is 13.5. The number of hydrogen-bond acceptors (Lipinski definition) is 4. The first-order valence-electron chi connectivity index (χ1n) is 11.9. The first kappa shape index (κ1) is 21.8. The third kappa shape index (κ3) is 4.08. The number of rotatable bonds is 5. The van der Waals surface area contributed by atoms with Crippen LogP contribution in [0.25, 0.3) is 0 Å². The van der Waals surface area contributed by atoms with Crippen LogP contribution < -0.4 is 0 Å². The second-order valence-corrected chi connectivity index (χ2v) is 9.14. The lowest BCUT2D eigenvalue weighted by Crippen LogP contribution is -2.47. The van der Waals surface area contributed by atoms with E-state index in [1.54, 1.807) is 9.58 Å². The molecule has 1 aromatic heterocycles. The third-order valence-corrected chi connectivity index (χ3v) is 7.34. The van der Waals surface area contributed by atoms with E-state index in [1.807, 2.05) is 30.7 Å². The highest BCUT2D eigenvalue weighted by molar-refractivity contribution is 5.95. The highest BCUT2D eigenvalue weighted by atomic mass is 16.2. The van der Waals surface area contributed by atoms with Crippen molar-refractivity contribution in [1.82, 2.24) is 24.5 Å². The Bertz CT molecular complexity index is 856. The van der Waals surface area contributed by atoms with Gasteiger partial charge in [0.15, 0.2) is 5.69 Å². The van der Waals surface area contributed by atoms with Gasteiger partial charge in [0.25, 0.3) is 5.91 Å². The molecule has 170 valence electrons. The Labute approximate surface area is 184 Å². The number of carbonyl (C=O) groups is 3. The largest absolute Gasteiger partial charge is 0.343 e. The van der Waals surface area contributed by atoms with Gasteiger partial charge in [0, 0.05) is 69.9 Å². The highest BCUT2D eigenvalue weighted by Gasteiger charge is 2.37. The first-order valence-corrected chi connectivity index (χ1v) is 11.9. The Hall–Kier alpha value is -2.38. The zero-order valence-electron chi connectivity index (χ0n) is 19.1. The lowest BCUT2D eigenvalue weighted by molar-refractivity contribution is -0.139. The summed E-state index contributed by atoms with van der Waals surface area (Å²) in [7, 11) is 1.88. The number of carbonyl (C=O) groups excluding carboxylic acids is 3. The SMILES string of the molecule is CCN(CC)C(=O)[C@@H]1CCCN(C(=O)c2nn(C)c3c2CN(C(=O)C2CCC2)CC3)C1. The Morgan fingerprint density at radius 1 is 1.00 bits per heavy atom. The predicted octanol–water partition coefficient (Wildman–Crippen LogP) is 1.83. The third-order valence-electron chi connectivity index (χ3n) is 7.34. The molecule has 1 aromatic rings. The monoisotopic (exact) mass is 429 g/mol. The molecule has 0 radical (unpaired) electrons. The molecule has 3 aliphatic rings. The minimum Gasteiger partial charge on any atom is -0.343 e. The summed E-state index contributed by atoms with van der Waals surface area (Å²) in [6, 6.07) is 0. The minimum absolute atomic E-state index is 0.105. The van der Waals surface area contributed by atoms with Crippen molar-refractivity contribution < 1.29 is 14.4 Å². The van der Waals surface area contributed by atoms with E-state index in [0.717, 1.165) is 49.8 Å². The van der Waals surface area contributed by atoms with E-state index >= 15 is 0 Å². The summed E-state index contributed by atoms with van der Waals surface area (Å²) < 4.78 is 1.80. The quantitative estimate of drug-likeness (QED) is 0.715. The molecule has 31 heavy (non-hydrogen) atoms. The van der Waals surface area contributed by atoms with E-state index in [-0.39, 0.29) is 29.6 Å². The van der Waals surface area contributed by atoms with Gasteiger partial charge in [0.05, 0.1) is 5.92 Å². The summed E-state index contributed by atoms with van der Waals surface area (Å²) in [6.07, 6.45) is 5.48. The molecule has 1 aliphatic carbocycles. The van der Waals surface area contributed by atoms with E-state index in [4.69, 9.17) is 0 Å². The number of likely N-dealkylation sites (tertiary alicyclic amines) is 1. The Balaban J connectivity index is 1.50. The second-order valence-electron chi connectivity index (χ2n) is 9.14. The Morgan fingerprint density at radius 2 is 1.71 bits per heavy atom. The van der Waals surface area contributed by atoms with Gasteiger partial charge in [-0.15, -0.1) is 0 Å². The van der Waals surface area contributed by atoms with Gasteiger partial charge < -0.3 is 14.7 Å². The van der Waals surface area contributed by atoms with Gasteiger partial charge in [-0.1, -0.05) is 6.42 Å². The minimum atomic E-state index is -0.145. The molecule has 3 heterocycles. The lowest BCUT2D eigenvalue weighted by atomic mass is 9.84. The van der Waals surface area contributed by atoms with E-state index in [2.05, 4.69) is 5.10 Å². The Morgan fingerprint density at radius 3 is 2.35 bits per heavy atom. The molecule has 2 aliphatic heterocycles. The van der Waals surface area contributed by atoms with Crippen molar-refractivity contribution in [1.29, 1.82) is 0 Å². The molecular formula is C23H35N5O3.